The molecular formula is C9H13N3O2. The third-order valence-corrected chi connectivity index (χ3v) is 2.47. The van der Waals surface area contributed by atoms with Crippen LogP contribution in [0.4, 0.5) is 0 Å². The fourth-order valence-corrected chi connectivity index (χ4v) is 1.70. The molecular weight excluding hydrogens is 182 g/mol. The summed E-state index contributed by atoms with van der Waals surface area (Å²) in [5.74, 6) is 0.554. The summed E-state index contributed by atoms with van der Waals surface area (Å²) in [6.07, 6.45) is 0. The molecule has 0 atom stereocenters. The Kier molecular flexibility index (Phi) is 2.25. The van der Waals surface area contributed by atoms with Crippen LogP contribution in [-0.2, 0) is 17.8 Å². The lowest BCUT2D eigenvalue weighted by Crippen LogP contribution is -2.28. The van der Waals surface area contributed by atoms with Gasteiger partial charge in [0, 0.05) is 18.8 Å². The molecule has 0 saturated heterocycles. The molecule has 0 spiro atoms. The summed E-state index contributed by atoms with van der Waals surface area (Å²) >= 11 is 0. The smallest absolute Gasteiger partial charge is 0.358 e. The van der Waals surface area contributed by atoms with Crippen molar-refractivity contribution in [3.8, 4) is 0 Å². The van der Waals surface area contributed by atoms with Gasteiger partial charge < -0.3 is 14.6 Å². The minimum atomic E-state index is -0.357. The summed E-state index contributed by atoms with van der Waals surface area (Å²) in [6.45, 7) is 4.40. The monoisotopic (exact) mass is 195 g/mol. The molecule has 1 aromatic rings. The number of methoxy groups -OCH3 is 1. The van der Waals surface area contributed by atoms with Gasteiger partial charge in [0.1, 0.15) is 5.82 Å². The maximum absolute atomic E-state index is 11.3. The molecule has 1 aliphatic rings. The second-order valence-corrected chi connectivity index (χ2v) is 3.28. The van der Waals surface area contributed by atoms with E-state index in [-0.39, 0.29) is 5.97 Å². The van der Waals surface area contributed by atoms with E-state index >= 15 is 0 Å². The van der Waals surface area contributed by atoms with Crippen molar-refractivity contribution in [2.45, 2.75) is 20.0 Å². The highest BCUT2D eigenvalue weighted by Gasteiger charge is 2.21. The molecule has 0 saturated carbocycles. The molecule has 0 aliphatic carbocycles. The van der Waals surface area contributed by atoms with Crippen LogP contribution in [0.15, 0.2) is 0 Å². The number of fused-ring (bicyclic) bond motifs is 1. The van der Waals surface area contributed by atoms with Gasteiger partial charge in [-0.15, -0.1) is 0 Å². The van der Waals surface area contributed by atoms with Gasteiger partial charge >= 0.3 is 5.97 Å². The molecule has 76 valence electrons. The van der Waals surface area contributed by atoms with Crippen molar-refractivity contribution in [2.24, 2.45) is 0 Å². The highest BCUT2D eigenvalue weighted by molar-refractivity contribution is 5.88. The Bertz CT molecular complexity index is 370. The predicted molar refractivity (Wildman–Crippen MR) is 50.0 cm³/mol. The first-order valence-corrected chi connectivity index (χ1v) is 4.59. The Morgan fingerprint density at radius 2 is 2.43 bits per heavy atom. The zero-order valence-electron chi connectivity index (χ0n) is 8.33. The van der Waals surface area contributed by atoms with E-state index in [0.717, 1.165) is 31.2 Å². The second-order valence-electron chi connectivity index (χ2n) is 3.28. The molecule has 5 heteroatoms. The first-order valence-electron chi connectivity index (χ1n) is 4.59. The number of carbonyl (C=O) groups excluding carboxylic acids is 1. The van der Waals surface area contributed by atoms with Gasteiger partial charge in [0.15, 0.2) is 5.69 Å². The van der Waals surface area contributed by atoms with Crippen LogP contribution in [0.3, 0.4) is 0 Å². The van der Waals surface area contributed by atoms with Crippen LogP contribution in [0.1, 0.15) is 22.0 Å². The van der Waals surface area contributed by atoms with E-state index in [2.05, 4.69) is 19.6 Å². The molecule has 1 aromatic heterocycles. The van der Waals surface area contributed by atoms with Crippen LogP contribution in [-0.4, -0.2) is 29.2 Å². The average Bonchev–Trinajstić information content (AvgIpc) is 2.56. The maximum atomic E-state index is 11.3. The first-order chi connectivity index (χ1) is 6.74. The zero-order chi connectivity index (χ0) is 10.1. The Hall–Kier alpha value is -1.36. The van der Waals surface area contributed by atoms with Gasteiger partial charge in [0.25, 0.3) is 0 Å². The van der Waals surface area contributed by atoms with E-state index in [1.165, 1.54) is 7.11 Å². The summed E-state index contributed by atoms with van der Waals surface area (Å²) in [5.41, 5.74) is 1.33. The molecule has 5 nitrogen and oxygen atoms in total. The molecule has 0 bridgehead atoms. The molecule has 0 fully saturated rings. The van der Waals surface area contributed by atoms with Crippen LogP contribution in [0.2, 0.25) is 0 Å². The van der Waals surface area contributed by atoms with E-state index in [0.29, 0.717) is 5.69 Å². The van der Waals surface area contributed by atoms with Crippen molar-refractivity contribution in [3.63, 3.8) is 0 Å². The number of nitrogens with one attached hydrogen (secondary N) is 1. The lowest BCUT2D eigenvalue weighted by molar-refractivity contribution is 0.0593. The minimum absolute atomic E-state index is 0.357. The van der Waals surface area contributed by atoms with Crippen LogP contribution >= 0.6 is 0 Å². The van der Waals surface area contributed by atoms with Crippen molar-refractivity contribution in [1.29, 1.82) is 0 Å². The number of rotatable bonds is 1. The number of ether oxygens (including phenoxy) is 1. The fourth-order valence-electron chi connectivity index (χ4n) is 1.70. The average molecular weight is 195 g/mol. The van der Waals surface area contributed by atoms with Crippen LogP contribution < -0.4 is 5.32 Å². The Labute approximate surface area is 82.1 Å². The maximum Gasteiger partial charge on any atom is 0.358 e. The quantitative estimate of drug-likeness (QED) is 0.645. The van der Waals surface area contributed by atoms with E-state index in [1.807, 2.05) is 6.92 Å². The minimum Gasteiger partial charge on any atom is -0.464 e. The summed E-state index contributed by atoms with van der Waals surface area (Å²) in [5, 5.41) is 3.20. The predicted octanol–water partition coefficient (Wildman–Crippen LogP) is 0.0813. The van der Waals surface area contributed by atoms with Gasteiger partial charge in [0.05, 0.1) is 13.7 Å². The Morgan fingerprint density at radius 3 is 3.07 bits per heavy atom. The standard InChI is InChI=1S/C9H13N3O2/c1-6-8(9(13)14-2)11-7-5-10-3-4-12(6)7/h10H,3-5H2,1-2H3. The molecule has 0 radical (unpaired) electrons. The van der Waals surface area contributed by atoms with Gasteiger partial charge in [0.2, 0.25) is 0 Å². The molecule has 1 N–H and O–H groups in total. The lowest BCUT2D eigenvalue weighted by Gasteiger charge is -2.15. The summed E-state index contributed by atoms with van der Waals surface area (Å²) in [7, 11) is 1.37. The highest BCUT2D eigenvalue weighted by atomic mass is 16.5. The van der Waals surface area contributed by atoms with Crippen molar-refractivity contribution >= 4 is 5.97 Å². The van der Waals surface area contributed by atoms with E-state index in [9.17, 15) is 4.79 Å². The van der Waals surface area contributed by atoms with Crippen molar-refractivity contribution < 1.29 is 9.53 Å². The second kappa shape index (κ2) is 3.42. The number of imidazole rings is 1. The number of nitrogens with zero attached hydrogens (tertiary/aromatic N) is 2. The third kappa shape index (κ3) is 1.29. The summed E-state index contributed by atoms with van der Waals surface area (Å²) in [4.78, 5) is 15.6. The van der Waals surface area contributed by atoms with Crippen molar-refractivity contribution in [2.75, 3.05) is 13.7 Å². The number of esters is 1. The number of hydrogen-bond donors (Lipinski definition) is 1. The van der Waals surface area contributed by atoms with Crippen molar-refractivity contribution in [3.05, 3.63) is 17.2 Å². The van der Waals surface area contributed by atoms with Crippen molar-refractivity contribution in [1.82, 2.24) is 14.9 Å². The van der Waals surface area contributed by atoms with E-state index < -0.39 is 0 Å². The van der Waals surface area contributed by atoms with E-state index in [1.54, 1.807) is 0 Å². The van der Waals surface area contributed by atoms with Gasteiger partial charge in [-0.3, -0.25) is 0 Å². The summed E-state index contributed by atoms with van der Waals surface area (Å²) < 4.78 is 6.72. The van der Waals surface area contributed by atoms with E-state index in [4.69, 9.17) is 0 Å². The van der Waals surface area contributed by atoms with Gasteiger partial charge in [-0.1, -0.05) is 0 Å². The first kappa shape index (κ1) is 9.21. The Balaban J connectivity index is 2.43. The summed E-state index contributed by atoms with van der Waals surface area (Å²) in [6, 6.07) is 0. The SMILES string of the molecule is COC(=O)c1nc2n(c1C)CCNC2. The van der Waals surface area contributed by atoms with Gasteiger partial charge in [-0.25, -0.2) is 9.78 Å². The lowest BCUT2D eigenvalue weighted by atomic mass is 10.3. The third-order valence-electron chi connectivity index (χ3n) is 2.47. The molecule has 2 rings (SSSR count). The van der Waals surface area contributed by atoms with Crippen LogP contribution in [0, 0.1) is 6.92 Å². The number of carbonyl (C=O) groups is 1. The molecule has 1 aliphatic heterocycles. The molecule has 0 amide bonds. The highest BCUT2D eigenvalue weighted by Crippen LogP contribution is 2.14. The van der Waals surface area contributed by atoms with Gasteiger partial charge in [-0.2, -0.15) is 0 Å². The molecule has 0 aromatic carbocycles. The largest absolute Gasteiger partial charge is 0.464 e. The van der Waals surface area contributed by atoms with Gasteiger partial charge in [-0.05, 0) is 6.92 Å². The Morgan fingerprint density at radius 1 is 1.64 bits per heavy atom. The molecule has 14 heavy (non-hydrogen) atoms. The fraction of sp³-hybridized carbons (Fsp3) is 0.556. The molecule has 2 heterocycles. The number of hydrogen-bond acceptors (Lipinski definition) is 4. The molecule has 0 unspecified atom stereocenters. The topological polar surface area (TPSA) is 56.1 Å². The van der Waals surface area contributed by atoms with Crippen LogP contribution in [0.25, 0.3) is 0 Å². The zero-order valence-corrected chi connectivity index (χ0v) is 8.33. The number of aromatic nitrogens is 2. The normalized spacial score (nSPS) is 15.0. The van der Waals surface area contributed by atoms with Crippen LogP contribution in [0.5, 0.6) is 0 Å².